The number of carbonyl (C=O) groups is 2. The van der Waals surface area contributed by atoms with Gasteiger partial charge in [0.2, 0.25) is 5.91 Å². The van der Waals surface area contributed by atoms with Crippen molar-refractivity contribution in [1.82, 2.24) is 5.32 Å². The maximum absolute atomic E-state index is 12.7. The first-order valence-electron chi connectivity index (χ1n) is 6.41. The molecule has 0 aromatic heterocycles. The van der Waals surface area contributed by atoms with Gasteiger partial charge in [-0.25, -0.2) is 0 Å². The van der Waals surface area contributed by atoms with E-state index >= 15 is 0 Å². The van der Waals surface area contributed by atoms with E-state index in [1.807, 2.05) is 13.0 Å². The van der Waals surface area contributed by atoms with Crippen LogP contribution in [0.25, 0.3) is 0 Å². The van der Waals surface area contributed by atoms with Crippen LogP contribution in [0.1, 0.15) is 27.2 Å². The highest BCUT2D eigenvalue weighted by molar-refractivity contribution is 14.1. The number of rotatable bonds is 2. The van der Waals surface area contributed by atoms with Crippen molar-refractivity contribution in [1.29, 1.82) is 0 Å². The lowest BCUT2D eigenvalue weighted by molar-refractivity contribution is -0.137. The van der Waals surface area contributed by atoms with Crippen molar-refractivity contribution < 1.29 is 9.59 Å². The quantitative estimate of drug-likeness (QED) is 0.768. The number of benzene rings is 1. The molecular formula is C14H16ClIN2O2. The Kier molecular flexibility index (Phi) is 4.30. The molecule has 2 amide bonds. The molecule has 1 aromatic carbocycles. The summed E-state index contributed by atoms with van der Waals surface area (Å²) in [5, 5.41) is 3.27. The minimum absolute atomic E-state index is 0.129. The van der Waals surface area contributed by atoms with Crippen LogP contribution in [0.4, 0.5) is 5.69 Å². The molecule has 1 aliphatic rings. The van der Waals surface area contributed by atoms with E-state index < -0.39 is 11.6 Å². The van der Waals surface area contributed by atoms with E-state index in [-0.39, 0.29) is 11.8 Å². The van der Waals surface area contributed by atoms with Crippen molar-refractivity contribution in [2.45, 2.75) is 38.8 Å². The number of carbonyl (C=O) groups excluding carboxylic acids is 2. The predicted octanol–water partition coefficient (Wildman–Crippen LogP) is 2.96. The molecule has 0 aliphatic carbocycles. The van der Waals surface area contributed by atoms with Gasteiger partial charge in [-0.05, 0) is 61.1 Å². The number of anilines is 1. The van der Waals surface area contributed by atoms with Crippen LogP contribution in [0.2, 0.25) is 5.02 Å². The molecule has 1 aromatic rings. The van der Waals surface area contributed by atoms with Crippen molar-refractivity contribution in [3.05, 3.63) is 26.8 Å². The Bertz CT molecular complexity index is 578. The van der Waals surface area contributed by atoms with Crippen LogP contribution in [0.15, 0.2) is 18.2 Å². The fraction of sp³-hybridized carbons (Fsp3) is 0.429. The topological polar surface area (TPSA) is 49.4 Å². The fourth-order valence-corrected chi connectivity index (χ4v) is 3.17. The van der Waals surface area contributed by atoms with Gasteiger partial charge in [-0.1, -0.05) is 18.5 Å². The number of nitrogens with one attached hydrogen (secondary N) is 1. The molecule has 1 saturated heterocycles. The third-order valence-corrected chi connectivity index (χ3v) is 4.71. The van der Waals surface area contributed by atoms with Crippen LogP contribution in [0.3, 0.4) is 0 Å². The summed E-state index contributed by atoms with van der Waals surface area (Å²) in [6.45, 7) is 5.32. The van der Waals surface area contributed by atoms with Crippen molar-refractivity contribution in [2.75, 3.05) is 4.90 Å². The lowest BCUT2D eigenvalue weighted by atomic mass is 9.92. The van der Waals surface area contributed by atoms with Gasteiger partial charge in [-0.15, -0.1) is 0 Å². The van der Waals surface area contributed by atoms with Crippen molar-refractivity contribution in [3.8, 4) is 0 Å². The average molecular weight is 407 g/mol. The van der Waals surface area contributed by atoms with Gasteiger partial charge in [0, 0.05) is 3.57 Å². The molecule has 2 rings (SSSR count). The molecule has 2 unspecified atom stereocenters. The van der Waals surface area contributed by atoms with Gasteiger partial charge < -0.3 is 5.32 Å². The Morgan fingerprint density at radius 1 is 1.45 bits per heavy atom. The highest BCUT2D eigenvalue weighted by atomic mass is 127. The SMILES string of the molecule is CCC1(C)NC(=O)C(C)N(c2ccc(I)cc2Cl)C1=O. The fourth-order valence-electron chi connectivity index (χ4n) is 2.22. The second kappa shape index (κ2) is 5.52. The zero-order chi connectivity index (χ0) is 15.1. The number of nitrogens with zero attached hydrogens (tertiary/aromatic N) is 1. The summed E-state index contributed by atoms with van der Waals surface area (Å²) in [5.41, 5.74) is -0.297. The monoisotopic (exact) mass is 406 g/mol. The average Bonchev–Trinajstić information content (AvgIpc) is 2.39. The highest BCUT2D eigenvalue weighted by Crippen LogP contribution is 2.33. The molecule has 0 saturated carbocycles. The maximum atomic E-state index is 12.7. The van der Waals surface area contributed by atoms with Crippen molar-refractivity contribution in [2.24, 2.45) is 0 Å². The van der Waals surface area contributed by atoms with Gasteiger partial charge in [-0.2, -0.15) is 0 Å². The number of halogens is 2. The summed E-state index contributed by atoms with van der Waals surface area (Å²) in [6, 6.07) is 4.87. The normalized spacial score (nSPS) is 26.6. The minimum Gasteiger partial charge on any atom is -0.340 e. The summed E-state index contributed by atoms with van der Waals surface area (Å²) < 4.78 is 0.983. The molecule has 1 heterocycles. The molecule has 0 bridgehead atoms. The highest BCUT2D eigenvalue weighted by Gasteiger charge is 2.46. The predicted molar refractivity (Wildman–Crippen MR) is 88.0 cm³/mol. The van der Waals surface area contributed by atoms with Gasteiger partial charge in [0.1, 0.15) is 11.6 Å². The molecule has 6 heteroatoms. The van der Waals surface area contributed by atoms with Gasteiger partial charge in [0.25, 0.3) is 5.91 Å². The molecule has 2 atom stereocenters. The second-order valence-corrected chi connectivity index (χ2v) is 6.77. The van der Waals surface area contributed by atoms with Crippen LogP contribution in [0, 0.1) is 3.57 Å². The zero-order valence-electron chi connectivity index (χ0n) is 11.5. The minimum atomic E-state index is -0.879. The molecule has 108 valence electrons. The number of amides is 2. The van der Waals surface area contributed by atoms with E-state index in [0.29, 0.717) is 17.1 Å². The summed E-state index contributed by atoms with van der Waals surface area (Å²) in [5.74, 6) is -0.293. The number of hydrogen-bond donors (Lipinski definition) is 1. The zero-order valence-corrected chi connectivity index (χ0v) is 14.4. The molecule has 1 aliphatic heterocycles. The first-order chi connectivity index (χ1) is 9.30. The lowest BCUT2D eigenvalue weighted by Crippen LogP contribution is -2.68. The van der Waals surface area contributed by atoms with Crippen LogP contribution in [-0.4, -0.2) is 23.4 Å². The Labute approximate surface area is 137 Å². The van der Waals surface area contributed by atoms with Gasteiger partial charge in [0.05, 0.1) is 10.7 Å². The molecular weight excluding hydrogens is 391 g/mol. The molecule has 1 fully saturated rings. The Hall–Kier alpha value is -0.820. The Balaban J connectivity index is 2.51. The third-order valence-electron chi connectivity index (χ3n) is 3.73. The number of hydrogen-bond acceptors (Lipinski definition) is 2. The van der Waals surface area contributed by atoms with Crippen molar-refractivity contribution >= 4 is 51.7 Å². The van der Waals surface area contributed by atoms with Crippen LogP contribution < -0.4 is 10.2 Å². The van der Waals surface area contributed by atoms with E-state index in [0.717, 1.165) is 3.57 Å². The first-order valence-corrected chi connectivity index (χ1v) is 7.86. The second-order valence-electron chi connectivity index (χ2n) is 5.12. The van der Waals surface area contributed by atoms with Crippen LogP contribution >= 0.6 is 34.2 Å². The number of piperazine rings is 1. The van der Waals surface area contributed by atoms with E-state index in [4.69, 9.17) is 11.6 Å². The smallest absolute Gasteiger partial charge is 0.253 e. The molecule has 20 heavy (non-hydrogen) atoms. The Morgan fingerprint density at radius 3 is 2.65 bits per heavy atom. The first kappa shape index (κ1) is 15.6. The van der Waals surface area contributed by atoms with E-state index in [1.165, 1.54) is 4.90 Å². The summed E-state index contributed by atoms with van der Waals surface area (Å²) >= 11 is 8.40. The van der Waals surface area contributed by atoms with Crippen molar-refractivity contribution in [3.63, 3.8) is 0 Å². The van der Waals surface area contributed by atoms with Gasteiger partial charge in [-0.3, -0.25) is 14.5 Å². The molecule has 0 radical (unpaired) electrons. The van der Waals surface area contributed by atoms with Gasteiger partial charge in [0.15, 0.2) is 0 Å². The lowest BCUT2D eigenvalue weighted by Gasteiger charge is -2.43. The molecule has 4 nitrogen and oxygen atoms in total. The van der Waals surface area contributed by atoms with E-state index in [1.54, 1.807) is 26.0 Å². The van der Waals surface area contributed by atoms with E-state index in [2.05, 4.69) is 27.9 Å². The van der Waals surface area contributed by atoms with Crippen LogP contribution in [0.5, 0.6) is 0 Å². The molecule has 1 N–H and O–H groups in total. The van der Waals surface area contributed by atoms with E-state index in [9.17, 15) is 9.59 Å². The summed E-state index contributed by atoms with van der Waals surface area (Å²) in [4.78, 5) is 26.3. The standard InChI is InChI=1S/C14H16ClIN2O2/c1-4-14(3)13(20)18(8(2)12(19)17-14)11-6-5-9(16)7-10(11)15/h5-8H,4H2,1-3H3,(H,17,19). The summed E-state index contributed by atoms with van der Waals surface area (Å²) in [6.07, 6.45) is 0.531. The van der Waals surface area contributed by atoms with Gasteiger partial charge >= 0.3 is 0 Å². The summed E-state index contributed by atoms with van der Waals surface area (Å²) in [7, 11) is 0. The van der Waals surface area contributed by atoms with Crippen LogP contribution in [-0.2, 0) is 9.59 Å². The maximum Gasteiger partial charge on any atom is 0.253 e. The third kappa shape index (κ3) is 2.53. The molecule has 0 spiro atoms. The largest absolute Gasteiger partial charge is 0.340 e. The Morgan fingerprint density at radius 2 is 2.10 bits per heavy atom.